The van der Waals surface area contributed by atoms with Gasteiger partial charge in [-0.05, 0) is 79.8 Å². The van der Waals surface area contributed by atoms with Crippen LogP contribution in [-0.2, 0) is 22.8 Å². The Morgan fingerprint density at radius 3 is 1.93 bits per heavy atom. The Labute approximate surface area is 320 Å². The molecule has 7 nitrogen and oxygen atoms in total. The van der Waals surface area contributed by atoms with Gasteiger partial charge in [-0.15, -0.1) is 0 Å². The van der Waals surface area contributed by atoms with E-state index in [0.29, 0.717) is 17.5 Å². The third-order valence-corrected chi connectivity index (χ3v) is 9.29. The van der Waals surface area contributed by atoms with Crippen LogP contribution in [0.2, 0.25) is 0 Å². The van der Waals surface area contributed by atoms with Crippen molar-refractivity contribution >= 4 is 22.8 Å². The molecular formula is C47H55N3O4. The van der Waals surface area contributed by atoms with Crippen LogP contribution in [-0.4, -0.2) is 41.6 Å². The number of hydrogen-bond acceptors (Lipinski definition) is 6. The van der Waals surface area contributed by atoms with E-state index < -0.39 is 5.76 Å². The average molecular weight is 726 g/mol. The van der Waals surface area contributed by atoms with Gasteiger partial charge in [0.25, 0.3) is 0 Å². The van der Waals surface area contributed by atoms with Crippen LogP contribution in [0, 0.1) is 0 Å². The zero-order chi connectivity index (χ0) is 37.6. The lowest BCUT2D eigenvalue weighted by Gasteiger charge is -2.36. The van der Waals surface area contributed by atoms with E-state index in [4.69, 9.17) is 9.15 Å². The van der Waals surface area contributed by atoms with E-state index in [0.717, 1.165) is 76.9 Å². The van der Waals surface area contributed by atoms with Crippen LogP contribution in [0.15, 0.2) is 155 Å². The molecule has 0 amide bonds. The Morgan fingerprint density at radius 1 is 0.685 bits per heavy atom. The van der Waals surface area contributed by atoms with Crippen LogP contribution in [0.25, 0.3) is 22.2 Å². The summed E-state index contributed by atoms with van der Waals surface area (Å²) in [5.41, 5.74) is 5.79. The van der Waals surface area contributed by atoms with Crippen LogP contribution in [0.4, 0.5) is 5.69 Å². The lowest BCUT2D eigenvalue weighted by molar-refractivity contribution is -0.147. The summed E-state index contributed by atoms with van der Waals surface area (Å²) in [6.45, 7) is 6.28. The number of nitrogens with zero attached hydrogens (tertiary/aromatic N) is 3. The van der Waals surface area contributed by atoms with Gasteiger partial charge in [0.15, 0.2) is 12.3 Å². The van der Waals surface area contributed by atoms with Gasteiger partial charge >= 0.3 is 11.7 Å². The number of allylic oxidation sites excluding steroid dienone is 12. The molecular weight excluding hydrogens is 671 g/mol. The fourth-order valence-corrected chi connectivity index (χ4v) is 6.38. The number of benzene rings is 3. The van der Waals surface area contributed by atoms with Crippen molar-refractivity contribution in [2.24, 2.45) is 0 Å². The van der Waals surface area contributed by atoms with Crippen molar-refractivity contribution < 1.29 is 13.9 Å². The molecule has 0 saturated carbocycles. The Morgan fingerprint density at radius 2 is 1.28 bits per heavy atom. The molecule has 0 aliphatic carbocycles. The molecule has 282 valence electrons. The van der Waals surface area contributed by atoms with Gasteiger partial charge in [0.2, 0.25) is 0 Å². The highest BCUT2D eigenvalue weighted by atomic mass is 16.5. The molecule has 54 heavy (non-hydrogen) atoms. The molecule has 1 aromatic heterocycles. The number of fused-ring (bicyclic) bond motifs is 1. The topological polar surface area (TPSA) is 67.9 Å². The Bertz CT molecular complexity index is 1970. The molecule has 0 N–H and O–H groups in total. The highest BCUT2D eigenvalue weighted by molar-refractivity contribution is 5.87. The van der Waals surface area contributed by atoms with Crippen molar-refractivity contribution in [1.82, 2.24) is 9.47 Å². The van der Waals surface area contributed by atoms with Gasteiger partial charge in [-0.2, -0.15) is 0 Å². The maximum atomic E-state index is 12.9. The number of piperazine rings is 1. The first-order valence-electron chi connectivity index (χ1n) is 19.4. The Balaban J connectivity index is 0.987. The van der Waals surface area contributed by atoms with Gasteiger partial charge in [-0.25, -0.2) is 9.36 Å². The predicted octanol–water partition coefficient (Wildman–Crippen LogP) is 10.6. The summed E-state index contributed by atoms with van der Waals surface area (Å²) in [5.74, 6) is -0.878. The molecule has 7 heteroatoms. The zero-order valence-corrected chi connectivity index (χ0v) is 31.7. The van der Waals surface area contributed by atoms with Crippen LogP contribution >= 0.6 is 0 Å². The predicted molar refractivity (Wildman–Crippen MR) is 223 cm³/mol. The minimum absolute atomic E-state index is 0.173. The number of oxazole rings is 1. The van der Waals surface area contributed by atoms with E-state index in [1.165, 1.54) is 21.3 Å². The molecule has 1 aliphatic rings. The van der Waals surface area contributed by atoms with Crippen molar-refractivity contribution in [2.45, 2.75) is 71.6 Å². The summed E-state index contributed by atoms with van der Waals surface area (Å²) in [7, 11) is 0. The van der Waals surface area contributed by atoms with E-state index in [1.807, 2.05) is 30.3 Å². The molecule has 1 saturated heterocycles. The zero-order valence-electron chi connectivity index (χ0n) is 31.7. The third-order valence-electron chi connectivity index (χ3n) is 9.29. The summed E-state index contributed by atoms with van der Waals surface area (Å²) in [6.07, 6.45) is 32.5. The fourth-order valence-electron chi connectivity index (χ4n) is 6.38. The Hall–Kier alpha value is -5.40. The van der Waals surface area contributed by atoms with Crippen molar-refractivity contribution in [3.05, 3.63) is 162 Å². The summed E-state index contributed by atoms with van der Waals surface area (Å²) in [4.78, 5) is 30.1. The maximum absolute atomic E-state index is 12.9. The maximum Gasteiger partial charge on any atom is 0.422 e. The number of hydrogen-bond donors (Lipinski definition) is 0. The molecule has 5 rings (SSSR count). The number of aromatic nitrogens is 1. The lowest BCUT2D eigenvalue weighted by Crippen LogP contribution is -2.46. The number of rotatable bonds is 20. The van der Waals surface area contributed by atoms with Crippen LogP contribution < -0.4 is 10.7 Å². The van der Waals surface area contributed by atoms with E-state index in [1.54, 1.807) is 0 Å². The van der Waals surface area contributed by atoms with E-state index in [2.05, 4.69) is 132 Å². The van der Waals surface area contributed by atoms with Gasteiger partial charge < -0.3 is 14.1 Å². The van der Waals surface area contributed by atoms with Gasteiger partial charge in [-0.3, -0.25) is 9.69 Å². The van der Waals surface area contributed by atoms with Crippen LogP contribution in [0.5, 0.6) is 0 Å². The van der Waals surface area contributed by atoms with Gasteiger partial charge in [0, 0.05) is 39.1 Å². The molecule has 4 aromatic rings. The monoisotopic (exact) mass is 725 g/mol. The van der Waals surface area contributed by atoms with Crippen LogP contribution in [0.3, 0.4) is 0 Å². The quantitative estimate of drug-likeness (QED) is 0.0667. The summed E-state index contributed by atoms with van der Waals surface area (Å²) in [6, 6.07) is 25.0. The number of carbonyl (C=O) groups is 1. The first-order valence-corrected chi connectivity index (χ1v) is 19.4. The summed E-state index contributed by atoms with van der Waals surface area (Å²) in [5, 5.41) is 0. The molecule has 0 unspecified atom stereocenters. The van der Waals surface area contributed by atoms with Gasteiger partial charge in [-0.1, -0.05) is 134 Å². The molecule has 1 fully saturated rings. The number of carbonyl (C=O) groups excluding carboxylic acids is 1. The van der Waals surface area contributed by atoms with Crippen molar-refractivity contribution in [3.63, 3.8) is 0 Å². The number of ether oxygens (including phenoxy) is 1. The molecule has 0 bridgehead atoms. The fraction of sp³-hybridized carbons (Fsp3) is 0.319. The van der Waals surface area contributed by atoms with Crippen molar-refractivity contribution in [3.8, 4) is 11.1 Å². The largest absolute Gasteiger partial charge is 0.444 e. The molecule has 3 aromatic carbocycles. The second-order valence-corrected chi connectivity index (χ2v) is 13.4. The first kappa shape index (κ1) is 39.8. The van der Waals surface area contributed by atoms with Crippen LogP contribution in [0.1, 0.15) is 63.9 Å². The summed E-state index contributed by atoms with van der Waals surface area (Å²) < 4.78 is 12.6. The minimum Gasteiger partial charge on any atom is -0.444 e. The van der Waals surface area contributed by atoms with E-state index in [-0.39, 0.29) is 19.1 Å². The van der Waals surface area contributed by atoms with Crippen molar-refractivity contribution in [1.29, 1.82) is 0 Å². The van der Waals surface area contributed by atoms with E-state index >= 15 is 0 Å². The highest BCUT2D eigenvalue weighted by Crippen LogP contribution is 2.28. The highest BCUT2D eigenvalue weighted by Gasteiger charge is 2.22. The molecule has 0 radical (unpaired) electrons. The number of esters is 1. The third kappa shape index (κ3) is 12.9. The van der Waals surface area contributed by atoms with Crippen molar-refractivity contribution in [2.75, 3.05) is 31.1 Å². The first-order chi connectivity index (χ1) is 26.6. The second-order valence-electron chi connectivity index (χ2n) is 13.4. The molecule has 2 heterocycles. The van der Waals surface area contributed by atoms with Gasteiger partial charge in [0.1, 0.15) is 0 Å². The second kappa shape index (κ2) is 22.6. The smallest absolute Gasteiger partial charge is 0.422 e. The normalized spacial score (nSPS) is 14.4. The minimum atomic E-state index is -0.529. The van der Waals surface area contributed by atoms with E-state index in [9.17, 15) is 9.59 Å². The SMILES string of the molecule is CC/C=C\C/C=C\C/C=C\C/C=C\C/C=C\C/C=C\CCC(=O)OCn1c(=O)oc2c(N3CCN(Cc4cccc(-c5ccccc5)c4)CC3)cccc21. The van der Waals surface area contributed by atoms with Gasteiger partial charge in [0.05, 0.1) is 11.2 Å². The standard InChI is InChI=1S/C47H55N3O4/c1-2-3-4-5-6-7-8-9-10-11-12-13-14-15-16-17-18-19-23-32-45(51)53-39-50-44-31-25-30-43(46(44)54-47(50)52)49-35-33-48(34-36-49)38-40-26-24-29-42(37-40)41-27-21-20-22-28-41/h3-4,6-7,9-10,12-13,15-16,18-22,24-31,37H,2,5,8,11,14,17,23,32-36,38-39H2,1H3/b4-3-,7-6-,10-9-,13-12-,16-15-,19-18-. The average Bonchev–Trinajstić information content (AvgIpc) is 3.53. The number of para-hydroxylation sites is 1. The molecule has 1 aliphatic heterocycles. The molecule has 0 spiro atoms. The Kier molecular flexibility index (Phi) is 16.7. The summed E-state index contributed by atoms with van der Waals surface area (Å²) >= 11 is 0. The lowest BCUT2D eigenvalue weighted by atomic mass is 10.0. The number of anilines is 1. The molecule has 0 atom stereocenters.